The van der Waals surface area contributed by atoms with Crippen LogP contribution in [0.25, 0.3) is 0 Å². The van der Waals surface area contributed by atoms with Crippen LogP contribution in [0.4, 0.5) is 0 Å². The van der Waals surface area contributed by atoms with Crippen LogP contribution in [0.1, 0.15) is 18.7 Å². The molecule has 0 saturated carbocycles. The van der Waals surface area contributed by atoms with Crippen LogP contribution in [0, 0.1) is 0 Å². The lowest BCUT2D eigenvalue weighted by Crippen LogP contribution is -2.17. The Bertz CT molecular complexity index is 188. The molecular weight excluding hydrogens is 160 g/mol. The van der Waals surface area contributed by atoms with Gasteiger partial charge in [0.05, 0.1) is 23.9 Å². The van der Waals surface area contributed by atoms with Gasteiger partial charge < -0.3 is 10.5 Å². The molecule has 0 aliphatic rings. The highest BCUT2D eigenvalue weighted by Crippen LogP contribution is 2.09. The summed E-state index contributed by atoms with van der Waals surface area (Å²) in [6.07, 6.45) is 0. The maximum Gasteiger partial charge on any atom is 0.0795 e. The molecule has 0 aliphatic heterocycles. The van der Waals surface area contributed by atoms with E-state index in [0.717, 1.165) is 5.69 Å². The van der Waals surface area contributed by atoms with Crippen LogP contribution in [0.3, 0.4) is 0 Å². The van der Waals surface area contributed by atoms with Crippen molar-refractivity contribution < 1.29 is 4.74 Å². The van der Waals surface area contributed by atoms with Gasteiger partial charge in [-0.3, -0.25) is 0 Å². The lowest BCUT2D eigenvalue weighted by molar-refractivity contribution is 0.132. The third-order valence-corrected chi connectivity index (χ3v) is 1.94. The first-order valence-electron chi connectivity index (χ1n) is 3.56. The lowest BCUT2D eigenvalue weighted by Gasteiger charge is -2.07. The Morgan fingerprint density at radius 3 is 3.18 bits per heavy atom. The molecule has 0 saturated heterocycles. The van der Waals surface area contributed by atoms with Gasteiger partial charge >= 0.3 is 0 Å². The maximum atomic E-state index is 5.74. The summed E-state index contributed by atoms with van der Waals surface area (Å²) in [5.41, 5.74) is 8.44. The molecule has 0 radical (unpaired) electrons. The summed E-state index contributed by atoms with van der Waals surface area (Å²) in [6.45, 7) is 3.21. The van der Waals surface area contributed by atoms with Gasteiger partial charge in [0.2, 0.25) is 0 Å². The van der Waals surface area contributed by atoms with Gasteiger partial charge in [0.25, 0.3) is 0 Å². The van der Waals surface area contributed by atoms with Gasteiger partial charge in [0.15, 0.2) is 0 Å². The van der Waals surface area contributed by atoms with Crippen molar-refractivity contribution in [2.45, 2.75) is 13.0 Å². The zero-order chi connectivity index (χ0) is 8.10. The monoisotopic (exact) mass is 172 g/mol. The number of hydrogen-bond acceptors (Lipinski definition) is 4. The summed E-state index contributed by atoms with van der Waals surface area (Å²) in [5.74, 6) is 0. The van der Waals surface area contributed by atoms with Crippen LogP contribution >= 0.6 is 11.3 Å². The normalized spacial score (nSPS) is 13.3. The molecule has 1 atom stereocenters. The molecular formula is C7H12N2OS. The first-order valence-corrected chi connectivity index (χ1v) is 4.50. The maximum absolute atomic E-state index is 5.74. The minimum absolute atomic E-state index is 0.0683. The summed E-state index contributed by atoms with van der Waals surface area (Å²) in [5, 5.41) is 1.95. The molecule has 0 aliphatic carbocycles. The number of thiazole rings is 1. The minimum atomic E-state index is -0.0683. The van der Waals surface area contributed by atoms with Crippen LogP contribution in [-0.2, 0) is 4.74 Å². The molecule has 0 amide bonds. The van der Waals surface area contributed by atoms with Gasteiger partial charge in [-0.05, 0) is 6.92 Å². The first kappa shape index (κ1) is 8.64. The van der Waals surface area contributed by atoms with Crippen LogP contribution in [0.5, 0.6) is 0 Å². The molecule has 3 nitrogen and oxygen atoms in total. The van der Waals surface area contributed by atoms with Crippen molar-refractivity contribution in [2.24, 2.45) is 5.73 Å². The van der Waals surface area contributed by atoms with Gasteiger partial charge in [0.1, 0.15) is 0 Å². The number of nitrogens with two attached hydrogens (primary N) is 1. The van der Waals surface area contributed by atoms with Gasteiger partial charge in [-0.15, -0.1) is 11.3 Å². The van der Waals surface area contributed by atoms with Gasteiger partial charge in [-0.1, -0.05) is 0 Å². The Morgan fingerprint density at radius 2 is 2.64 bits per heavy atom. The van der Waals surface area contributed by atoms with E-state index in [1.807, 2.05) is 12.3 Å². The summed E-state index contributed by atoms with van der Waals surface area (Å²) in [7, 11) is 0. The molecule has 0 aromatic carbocycles. The fraction of sp³-hybridized carbons (Fsp3) is 0.571. The number of aromatic nitrogens is 1. The molecule has 1 aromatic rings. The molecule has 1 aromatic heterocycles. The summed E-state index contributed by atoms with van der Waals surface area (Å²) >= 11 is 1.55. The molecule has 0 spiro atoms. The first-order chi connectivity index (χ1) is 5.34. The summed E-state index contributed by atoms with van der Waals surface area (Å²) < 4.78 is 5.16. The Morgan fingerprint density at radius 1 is 1.82 bits per heavy atom. The van der Waals surface area contributed by atoms with E-state index in [0.29, 0.717) is 13.2 Å². The Labute approximate surface area is 70.2 Å². The van der Waals surface area contributed by atoms with E-state index in [1.54, 1.807) is 16.8 Å². The SMILES string of the molecule is CCOCC(N)c1cscn1. The molecule has 62 valence electrons. The molecule has 1 rings (SSSR count). The molecule has 4 heteroatoms. The van der Waals surface area contributed by atoms with E-state index in [4.69, 9.17) is 10.5 Å². The molecule has 11 heavy (non-hydrogen) atoms. The van der Waals surface area contributed by atoms with E-state index < -0.39 is 0 Å². The van der Waals surface area contributed by atoms with Gasteiger partial charge in [-0.2, -0.15) is 0 Å². The minimum Gasteiger partial charge on any atom is -0.380 e. The third-order valence-electron chi connectivity index (χ3n) is 1.33. The second-order valence-corrected chi connectivity index (χ2v) is 2.90. The highest BCUT2D eigenvalue weighted by Gasteiger charge is 2.06. The summed E-state index contributed by atoms with van der Waals surface area (Å²) in [4.78, 5) is 4.08. The quantitative estimate of drug-likeness (QED) is 0.742. The van der Waals surface area contributed by atoms with Crippen molar-refractivity contribution in [3.8, 4) is 0 Å². The van der Waals surface area contributed by atoms with Crippen molar-refractivity contribution in [1.29, 1.82) is 0 Å². The highest BCUT2D eigenvalue weighted by atomic mass is 32.1. The van der Waals surface area contributed by atoms with E-state index in [1.165, 1.54) is 0 Å². The van der Waals surface area contributed by atoms with E-state index in [-0.39, 0.29) is 6.04 Å². The van der Waals surface area contributed by atoms with E-state index in [9.17, 15) is 0 Å². The zero-order valence-corrected chi connectivity index (χ0v) is 7.30. The van der Waals surface area contributed by atoms with E-state index >= 15 is 0 Å². The molecule has 0 bridgehead atoms. The Kier molecular flexibility index (Phi) is 3.48. The Hall–Kier alpha value is -0.450. The topological polar surface area (TPSA) is 48.1 Å². The number of hydrogen-bond donors (Lipinski definition) is 1. The molecule has 1 unspecified atom stereocenters. The fourth-order valence-electron chi connectivity index (χ4n) is 0.735. The lowest BCUT2D eigenvalue weighted by atomic mass is 10.3. The average Bonchev–Trinajstić information content (AvgIpc) is 2.52. The number of nitrogens with zero attached hydrogens (tertiary/aromatic N) is 1. The highest BCUT2D eigenvalue weighted by molar-refractivity contribution is 7.07. The van der Waals surface area contributed by atoms with Crippen molar-refractivity contribution in [2.75, 3.05) is 13.2 Å². The second-order valence-electron chi connectivity index (χ2n) is 2.18. The van der Waals surface area contributed by atoms with Crippen LogP contribution < -0.4 is 5.73 Å². The van der Waals surface area contributed by atoms with Gasteiger partial charge in [-0.25, -0.2) is 4.98 Å². The van der Waals surface area contributed by atoms with Crippen molar-refractivity contribution >= 4 is 11.3 Å². The number of ether oxygens (including phenoxy) is 1. The average molecular weight is 172 g/mol. The fourth-order valence-corrected chi connectivity index (χ4v) is 1.35. The van der Waals surface area contributed by atoms with Crippen molar-refractivity contribution in [3.63, 3.8) is 0 Å². The van der Waals surface area contributed by atoms with Crippen LogP contribution in [-0.4, -0.2) is 18.2 Å². The van der Waals surface area contributed by atoms with Crippen molar-refractivity contribution in [3.05, 3.63) is 16.6 Å². The predicted molar refractivity (Wildman–Crippen MR) is 45.5 cm³/mol. The molecule has 1 heterocycles. The van der Waals surface area contributed by atoms with Crippen LogP contribution in [0.15, 0.2) is 10.9 Å². The van der Waals surface area contributed by atoms with E-state index in [2.05, 4.69) is 4.98 Å². The van der Waals surface area contributed by atoms with Gasteiger partial charge in [0, 0.05) is 12.0 Å². The van der Waals surface area contributed by atoms with Crippen LogP contribution in [0.2, 0.25) is 0 Å². The Balaban J connectivity index is 2.36. The summed E-state index contributed by atoms with van der Waals surface area (Å²) in [6, 6.07) is -0.0683. The zero-order valence-electron chi connectivity index (χ0n) is 6.49. The molecule has 2 N–H and O–H groups in total. The largest absolute Gasteiger partial charge is 0.380 e. The second kappa shape index (κ2) is 4.43. The molecule has 0 fully saturated rings. The number of rotatable bonds is 4. The standard InChI is InChI=1S/C7H12N2OS/c1-2-10-3-6(8)7-4-11-5-9-7/h4-6H,2-3,8H2,1H3. The smallest absolute Gasteiger partial charge is 0.0795 e. The van der Waals surface area contributed by atoms with Crippen molar-refractivity contribution in [1.82, 2.24) is 4.98 Å². The predicted octanol–water partition coefficient (Wildman–Crippen LogP) is 1.18. The third kappa shape index (κ3) is 2.57.